The highest BCUT2D eigenvalue weighted by atomic mass is 35.5. The maximum absolute atomic E-state index is 5.99. The fourth-order valence-electron chi connectivity index (χ4n) is 2.86. The molecule has 1 aromatic heterocycles. The van der Waals surface area contributed by atoms with Gasteiger partial charge in [0, 0.05) is 27.7 Å². The minimum Gasteiger partial charge on any atom is -0.399 e. The molecule has 0 saturated heterocycles. The van der Waals surface area contributed by atoms with Crippen LogP contribution in [0.4, 0.5) is 11.4 Å². The molecule has 0 aliphatic carbocycles. The summed E-state index contributed by atoms with van der Waals surface area (Å²) in [6.45, 7) is 0. The van der Waals surface area contributed by atoms with Crippen molar-refractivity contribution in [2.75, 3.05) is 11.5 Å². The molecule has 4 aromatic rings. The normalized spacial score (nSPS) is 9.38. The van der Waals surface area contributed by atoms with E-state index in [2.05, 4.69) is 18.2 Å². The van der Waals surface area contributed by atoms with Crippen LogP contribution < -0.4 is 11.5 Å². The third-order valence-electron chi connectivity index (χ3n) is 3.89. The highest BCUT2D eigenvalue weighted by Gasteiger charge is 2.10. The van der Waals surface area contributed by atoms with Gasteiger partial charge in [-0.05, 0) is 29.7 Å². The summed E-state index contributed by atoms with van der Waals surface area (Å²) < 4.78 is 0. The van der Waals surface area contributed by atoms with Crippen LogP contribution in [0, 0.1) is 0 Å². The van der Waals surface area contributed by atoms with Gasteiger partial charge in [0.2, 0.25) is 0 Å². The first kappa shape index (κ1) is 24.1. The maximum Gasteiger partial charge on any atom is 0.0788 e. The Balaban J connectivity index is 0.00000156. The monoisotopic (exact) mass is 429 g/mol. The number of rotatable bonds is 1. The average Bonchev–Trinajstić information content (AvgIpc) is 2.54. The van der Waals surface area contributed by atoms with Gasteiger partial charge in [0.15, 0.2) is 0 Å². The van der Waals surface area contributed by atoms with Crippen LogP contribution in [0.25, 0.3) is 32.9 Å². The average molecular weight is 431 g/mol. The van der Waals surface area contributed by atoms with Crippen molar-refractivity contribution in [3.8, 4) is 11.3 Å². The van der Waals surface area contributed by atoms with E-state index in [4.69, 9.17) is 16.5 Å². The van der Waals surface area contributed by atoms with Crippen molar-refractivity contribution >= 4 is 82.7 Å². The topological polar surface area (TPSA) is 64.9 Å². The first-order chi connectivity index (χ1) is 10.7. The lowest BCUT2D eigenvalue weighted by Gasteiger charge is -2.11. The van der Waals surface area contributed by atoms with Crippen molar-refractivity contribution in [3.63, 3.8) is 0 Å². The smallest absolute Gasteiger partial charge is 0.0788 e. The van der Waals surface area contributed by atoms with E-state index in [9.17, 15) is 0 Å². The van der Waals surface area contributed by atoms with Crippen molar-refractivity contribution in [1.82, 2.24) is 4.98 Å². The molecule has 1 heterocycles. The Morgan fingerprint density at radius 1 is 0.577 bits per heavy atom. The van der Waals surface area contributed by atoms with Gasteiger partial charge in [-0.25, -0.2) is 4.98 Å². The molecule has 26 heavy (non-hydrogen) atoms. The van der Waals surface area contributed by atoms with E-state index in [1.165, 1.54) is 0 Å². The number of hydrogen-bond donors (Lipinski definition) is 2. The zero-order valence-electron chi connectivity index (χ0n) is 13.6. The molecule has 0 fully saturated rings. The molecule has 0 spiro atoms. The molecule has 0 bridgehead atoms. The van der Waals surface area contributed by atoms with Crippen LogP contribution in [0.3, 0.4) is 0 Å². The number of fused-ring (bicyclic) bond motifs is 3. The minimum absolute atomic E-state index is 0. The third kappa shape index (κ3) is 4.25. The second-order valence-corrected chi connectivity index (χ2v) is 5.41. The lowest BCUT2D eigenvalue weighted by Crippen LogP contribution is -1.93. The summed E-state index contributed by atoms with van der Waals surface area (Å²) in [7, 11) is 0. The number of halogens is 4. The SMILES string of the molecule is Cl.Cl.Cl.Cl.Nc1ccc2c(c1)nc(-c1ccccc1)c1cc(N)ccc12. The van der Waals surface area contributed by atoms with Gasteiger partial charge in [-0.2, -0.15) is 0 Å². The molecule has 0 unspecified atom stereocenters. The second-order valence-electron chi connectivity index (χ2n) is 5.41. The Bertz CT molecular complexity index is 1010. The molecule has 0 radical (unpaired) electrons. The molecule has 7 heteroatoms. The lowest BCUT2D eigenvalue weighted by molar-refractivity contribution is 1.43. The van der Waals surface area contributed by atoms with E-state index >= 15 is 0 Å². The number of anilines is 2. The number of pyridine rings is 1. The van der Waals surface area contributed by atoms with Crippen LogP contribution in [0.5, 0.6) is 0 Å². The molecule has 0 amide bonds. The second kappa shape index (κ2) is 9.70. The summed E-state index contributed by atoms with van der Waals surface area (Å²) in [5.41, 5.74) is 16.3. The number of aromatic nitrogens is 1. The standard InChI is InChI=1S/C19H15N3.4ClH/c20-13-6-8-15-16-9-7-14(21)11-18(16)22-19(17(15)10-13)12-4-2-1-3-5-12;;;;/h1-11H,20-21H2;4*1H. The lowest BCUT2D eigenvalue weighted by atomic mass is 9.99. The maximum atomic E-state index is 5.99. The van der Waals surface area contributed by atoms with Crippen molar-refractivity contribution in [2.45, 2.75) is 0 Å². The third-order valence-corrected chi connectivity index (χ3v) is 3.89. The summed E-state index contributed by atoms with van der Waals surface area (Å²) in [6, 6.07) is 21.9. The largest absolute Gasteiger partial charge is 0.399 e. The zero-order valence-corrected chi connectivity index (χ0v) is 16.9. The van der Waals surface area contributed by atoms with Crippen LogP contribution in [0.1, 0.15) is 0 Å². The van der Waals surface area contributed by atoms with Gasteiger partial charge in [0.05, 0.1) is 11.2 Å². The molecule has 0 atom stereocenters. The van der Waals surface area contributed by atoms with Crippen LogP contribution >= 0.6 is 49.6 Å². The Labute approximate surface area is 176 Å². The molecule has 0 aliphatic rings. The zero-order chi connectivity index (χ0) is 15.1. The summed E-state index contributed by atoms with van der Waals surface area (Å²) in [4.78, 5) is 4.84. The molecule has 0 aliphatic heterocycles. The van der Waals surface area contributed by atoms with Gasteiger partial charge in [-0.1, -0.05) is 42.5 Å². The Morgan fingerprint density at radius 2 is 1.15 bits per heavy atom. The summed E-state index contributed by atoms with van der Waals surface area (Å²) in [5, 5.41) is 3.28. The van der Waals surface area contributed by atoms with Crippen LogP contribution in [-0.4, -0.2) is 4.98 Å². The molecule has 0 saturated carbocycles. The fraction of sp³-hybridized carbons (Fsp3) is 0. The summed E-state index contributed by atoms with van der Waals surface area (Å²) in [5.74, 6) is 0. The van der Waals surface area contributed by atoms with E-state index < -0.39 is 0 Å². The summed E-state index contributed by atoms with van der Waals surface area (Å²) in [6.07, 6.45) is 0. The first-order valence-corrected chi connectivity index (χ1v) is 7.16. The number of nitrogens with zero attached hydrogens (tertiary/aromatic N) is 1. The Hall–Kier alpha value is -1.91. The van der Waals surface area contributed by atoms with E-state index in [1.807, 2.05) is 48.5 Å². The predicted octanol–water partition coefficient (Wildman–Crippen LogP) is 5.91. The van der Waals surface area contributed by atoms with Gasteiger partial charge >= 0.3 is 0 Å². The number of hydrogen-bond acceptors (Lipinski definition) is 3. The summed E-state index contributed by atoms with van der Waals surface area (Å²) >= 11 is 0. The van der Waals surface area contributed by atoms with Gasteiger partial charge in [-0.15, -0.1) is 49.6 Å². The van der Waals surface area contributed by atoms with E-state index in [0.717, 1.165) is 38.6 Å². The van der Waals surface area contributed by atoms with Gasteiger partial charge < -0.3 is 11.5 Å². The Morgan fingerprint density at radius 3 is 1.81 bits per heavy atom. The molecule has 138 valence electrons. The van der Waals surface area contributed by atoms with Crippen molar-refractivity contribution < 1.29 is 0 Å². The number of nitrogen functional groups attached to an aromatic ring is 2. The van der Waals surface area contributed by atoms with Crippen LogP contribution in [0.15, 0.2) is 66.7 Å². The predicted molar refractivity (Wildman–Crippen MR) is 123 cm³/mol. The molecule has 4 N–H and O–H groups in total. The highest BCUT2D eigenvalue weighted by molar-refractivity contribution is 6.12. The quantitative estimate of drug-likeness (QED) is 0.291. The Kier molecular flexibility index (Phi) is 8.98. The van der Waals surface area contributed by atoms with E-state index in [-0.39, 0.29) is 49.6 Å². The van der Waals surface area contributed by atoms with Crippen molar-refractivity contribution in [2.24, 2.45) is 0 Å². The van der Waals surface area contributed by atoms with E-state index in [1.54, 1.807) is 0 Å². The molecule has 3 nitrogen and oxygen atoms in total. The van der Waals surface area contributed by atoms with Gasteiger partial charge in [0.25, 0.3) is 0 Å². The van der Waals surface area contributed by atoms with Crippen LogP contribution in [-0.2, 0) is 0 Å². The fourth-order valence-corrected chi connectivity index (χ4v) is 2.86. The van der Waals surface area contributed by atoms with Crippen molar-refractivity contribution in [3.05, 3.63) is 66.7 Å². The van der Waals surface area contributed by atoms with Crippen molar-refractivity contribution in [1.29, 1.82) is 0 Å². The molecule has 4 rings (SSSR count). The van der Waals surface area contributed by atoms with Crippen LogP contribution in [0.2, 0.25) is 0 Å². The van der Waals surface area contributed by atoms with Gasteiger partial charge in [-0.3, -0.25) is 0 Å². The number of benzene rings is 3. The van der Waals surface area contributed by atoms with E-state index in [0.29, 0.717) is 5.69 Å². The number of nitrogens with two attached hydrogens (primary N) is 2. The molecular formula is C19H19Cl4N3. The first-order valence-electron chi connectivity index (χ1n) is 7.16. The highest BCUT2D eigenvalue weighted by Crippen LogP contribution is 2.34. The molecular weight excluding hydrogens is 412 g/mol. The minimum atomic E-state index is 0. The van der Waals surface area contributed by atoms with Gasteiger partial charge in [0.1, 0.15) is 0 Å². The molecule has 3 aromatic carbocycles.